The maximum absolute atomic E-state index is 13.6. The second-order valence-electron chi connectivity index (χ2n) is 7.07. The lowest BCUT2D eigenvalue weighted by Crippen LogP contribution is -2.27. The lowest BCUT2D eigenvalue weighted by atomic mass is 10.3. The quantitative estimate of drug-likeness (QED) is 0.332. The third-order valence-electron chi connectivity index (χ3n) is 4.22. The fraction of sp³-hybridized carbons (Fsp3) is 0.250. The van der Waals surface area contributed by atoms with Crippen LogP contribution >= 0.6 is 0 Å². The van der Waals surface area contributed by atoms with Crippen LogP contribution < -0.4 is 23.7 Å². The van der Waals surface area contributed by atoms with Crippen molar-refractivity contribution in [1.29, 1.82) is 0 Å². The second kappa shape index (κ2) is 11.1. The molecule has 0 spiro atoms. The molecule has 0 bridgehead atoms. The molecule has 0 aliphatic heterocycles. The molecule has 0 saturated heterocycles. The van der Waals surface area contributed by atoms with Gasteiger partial charge in [-0.2, -0.15) is 26.6 Å². The van der Waals surface area contributed by atoms with Crippen LogP contribution in [0.15, 0.2) is 53.7 Å². The van der Waals surface area contributed by atoms with Gasteiger partial charge in [-0.25, -0.2) is 23.1 Å². The van der Waals surface area contributed by atoms with E-state index in [2.05, 4.69) is 19.7 Å². The van der Waals surface area contributed by atoms with E-state index in [-0.39, 0.29) is 18.0 Å². The fourth-order valence-electron chi connectivity index (χ4n) is 2.69. The van der Waals surface area contributed by atoms with E-state index in [1.807, 2.05) is 4.72 Å². The molecule has 3 aromatic rings. The number of ether oxygens (including phenoxy) is 3. The van der Waals surface area contributed by atoms with Gasteiger partial charge in [-0.05, 0) is 24.3 Å². The predicted molar refractivity (Wildman–Crippen MR) is 123 cm³/mol. The largest absolute Gasteiger partial charge is 0.493 e. The van der Waals surface area contributed by atoms with Crippen LogP contribution in [0.4, 0.5) is 19.0 Å². The number of hydrogen-bond acceptors (Lipinski definition) is 10. The van der Waals surface area contributed by atoms with Crippen molar-refractivity contribution < 1.29 is 44.2 Å². The lowest BCUT2D eigenvalue weighted by Gasteiger charge is -2.18. The lowest BCUT2D eigenvalue weighted by molar-refractivity contribution is -0.145. The molecule has 0 radical (unpaired) electrons. The standard InChI is InChI=1S/C20H20F3N5O7S2/c1-33-13-7-3-4-8-14(13)35-16-17(28-37(31,32)15-9-5-6-10-24-15)26-19(20(21,22)23)27-18(16)34-12-11-25-36(2,29)30/h3-10,25H,11-12H2,1-2H3,(H,26,27,28). The summed E-state index contributed by atoms with van der Waals surface area (Å²) in [6.07, 6.45) is -3.07. The van der Waals surface area contributed by atoms with Gasteiger partial charge in [0.15, 0.2) is 22.3 Å². The van der Waals surface area contributed by atoms with Gasteiger partial charge in [0.1, 0.15) is 6.61 Å². The first-order valence-corrected chi connectivity index (χ1v) is 13.5. The van der Waals surface area contributed by atoms with E-state index in [1.165, 1.54) is 43.6 Å². The number of methoxy groups -OCH3 is 1. The number of hydrogen-bond donors (Lipinski definition) is 2. The monoisotopic (exact) mass is 563 g/mol. The Labute approximate surface area is 209 Å². The number of halogens is 3. The highest BCUT2D eigenvalue weighted by molar-refractivity contribution is 7.92. The molecule has 12 nitrogen and oxygen atoms in total. The molecule has 200 valence electrons. The minimum atomic E-state index is -5.11. The summed E-state index contributed by atoms with van der Waals surface area (Å²) in [4.78, 5) is 10.4. The van der Waals surface area contributed by atoms with Crippen LogP contribution in [-0.4, -0.2) is 58.3 Å². The van der Waals surface area contributed by atoms with Gasteiger partial charge in [0.2, 0.25) is 21.6 Å². The van der Waals surface area contributed by atoms with Crippen molar-refractivity contribution in [2.75, 3.05) is 31.2 Å². The molecule has 2 aromatic heterocycles. The zero-order chi connectivity index (χ0) is 27.3. The first-order chi connectivity index (χ1) is 17.3. The summed E-state index contributed by atoms with van der Waals surface area (Å²) in [5.74, 6) is -4.01. The van der Waals surface area contributed by atoms with E-state index >= 15 is 0 Å². The van der Waals surface area contributed by atoms with Gasteiger partial charge in [-0.15, -0.1) is 0 Å². The normalized spacial score (nSPS) is 12.1. The minimum Gasteiger partial charge on any atom is -0.493 e. The van der Waals surface area contributed by atoms with Gasteiger partial charge in [-0.3, -0.25) is 4.72 Å². The molecule has 1 aromatic carbocycles. The molecule has 0 atom stereocenters. The molecule has 0 saturated carbocycles. The van der Waals surface area contributed by atoms with Crippen molar-refractivity contribution in [3.8, 4) is 23.1 Å². The number of aromatic nitrogens is 3. The number of benzene rings is 1. The third kappa shape index (κ3) is 7.64. The number of alkyl halides is 3. The van der Waals surface area contributed by atoms with Crippen LogP contribution in [0.3, 0.4) is 0 Å². The van der Waals surface area contributed by atoms with Gasteiger partial charge < -0.3 is 14.2 Å². The van der Waals surface area contributed by atoms with Crippen molar-refractivity contribution in [2.45, 2.75) is 11.2 Å². The molecule has 37 heavy (non-hydrogen) atoms. The van der Waals surface area contributed by atoms with Crippen LogP contribution in [0.5, 0.6) is 23.1 Å². The number of nitrogens with one attached hydrogen (secondary N) is 2. The van der Waals surface area contributed by atoms with Crippen LogP contribution in [-0.2, 0) is 26.2 Å². The van der Waals surface area contributed by atoms with E-state index < -0.39 is 61.1 Å². The molecule has 0 unspecified atom stereocenters. The number of rotatable bonds is 11. The number of sulfonamides is 2. The summed E-state index contributed by atoms with van der Waals surface area (Å²) in [5.41, 5.74) is 0. The highest BCUT2D eigenvalue weighted by atomic mass is 32.2. The van der Waals surface area contributed by atoms with Crippen molar-refractivity contribution in [3.05, 3.63) is 54.5 Å². The van der Waals surface area contributed by atoms with E-state index in [9.17, 15) is 30.0 Å². The van der Waals surface area contributed by atoms with E-state index in [1.54, 1.807) is 6.07 Å². The number of pyridine rings is 1. The first kappa shape index (κ1) is 27.9. The van der Waals surface area contributed by atoms with Gasteiger partial charge in [-0.1, -0.05) is 18.2 Å². The zero-order valence-corrected chi connectivity index (χ0v) is 20.8. The number of anilines is 1. The average Bonchev–Trinajstić information content (AvgIpc) is 2.82. The fourth-order valence-corrected chi connectivity index (χ4v) is 4.10. The smallest absolute Gasteiger partial charge is 0.451 e. The summed E-state index contributed by atoms with van der Waals surface area (Å²) in [6.45, 7) is -0.830. The molecular formula is C20H20F3N5O7S2. The third-order valence-corrected chi connectivity index (χ3v) is 6.20. The van der Waals surface area contributed by atoms with Gasteiger partial charge in [0.05, 0.1) is 13.4 Å². The van der Waals surface area contributed by atoms with Gasteiger partial charge in [0.25, 0.3) is 15.9 Å². The Morgan fingerprint density at radius 2 is 1.65 bits per heavy atom. The molecule has 0 aliphatic carbocycles. The highest BCUT2D eigenvalue weighted by Crippen LogP contribution is 2.42. The Hall–Kier alpha value is -3.70. The summed E-state index contributed by atoms with van der Waals surface area (Å²) in [6, 6.07) is 9.90. The SMILES string of the molecule is COc1ccccc1Oc1c(NS(=O)(=O)c2ccccn2)nc(C(F)(F)F)nc1OCCNS(C)(=O)=O. The first-order valence-electron chi connectivity index (χ1n) is 10.1. The molecule has 2 heterocycles. The Balaban J connectivity index is 2.14. The van der Waals surface area contributed by atoms with E-state index in [0.29, 0.717) is 0 Å². The molecule has 0 amide bonds. The molecule has 2 N–H and O–H groups in total. The Bertz CT molecular complexity index is 1450. The Morgan fingerprint density at radius 3 is 2.24 bits per heavy atom. The Kier molecular flexibility index (Phi) is 8.39. The number of nitrogens with zero attached hydrogens (tertiary/aromatic N) is 3. The Morgan fingerprint density at radius 1 is 0.973 bits per heavy atom. The maximum Gasteiger partial charge on any atom is 0.451 e. The van der Waals surface area contributed by atoms with E-state index in [4.69, 9.17) is 14.2 Å². The van der Waals surface area contributed by atoms with Crippen molar-refractivity contribution in [3.63, 3.8) is 0 Å². The summed E-state index contributed by atoms with van der Waals surface area (Å²) in [5, 5.41) is -0.509. The van der Waals surface area contributed by atoms with Crippen molar-refractivity contribution in [1.82, 2.24) is 19.7 Å². The van der Waals surface area contributed by atoms with Crippen LogP contribution in [0, 0.1) is 0 Å². The molecular weight excluding hydrogens is 543 g/mol. The second-order valence-corrected chi connectivity index (χ2v) is 10.5. The predicted octanol–water partition coefficient (Wildman–Crippen LogP) is 2.42. The van der Waals surface area contributed by atoms with E-state index in [0.717, 1.165) is 12.3 Å². The van der Waals surface area contributed by atoms with Crippen LogP contribution in [0.25, 0.3) is 0 Å². The zero-order valence-electron chi connectivity index (χ0n) is 19.2. The van der Waals surface area contributed by atoms with Crippen LogP contribution in [0.1, 0.15) is 5.82 Å². The molecule has 3 rings (SSSR count). The summed E-state index contributed by atoms with van der Waals surface area (Å²) in [7, 11) is -6.86. The van der Waals surface area contributed by atoms with Crippen LogP contribution in [0.2, 0.25) is 0 Å². The van der Waals surface area contributed by atoms with Gasteiger partial charge >= 0.3 is 6.18 Å². The average molecular weight is 564 g/mol. The summed E-state index contributed by atoms with van der Waals surface area (Å²) < 4.78 is 109. The van der Waals surface area contributed by atoms with Crippen molar-refractivity contribution >= 4 is 25.9 Å². The molecule has 17 heteroatoms. The minimum absolute atomic E-state index is 0.0363. The summed E-state index contributed by atoms with van der Waals surface area (Å²) >= 11 is 0. The topological polar surface area (TPSA) is 159 Å². The number of para-hydroxylation sites is 2. The van der Waals surface area contributed by atoms with Gasteiger partial charge in [0, 0.05) is 12.7 Å². The highest BCUT2D eigenvalue weighted by Gasteiger charge is 2.38. The molecule has 0 aliphatic rings. The molecule has 0 fully saturated rings. The maximum atomic E-state index is 13.6. The van der Waals surface area contributed by atoms with Crippen molar-refractivity contribution in [2.24, 2.45) is 0 Å².